The first kappa shape index (κ1) is 11.8. The summed E-state index contributed by atoms with van der Waals surface area (Å²) in [4.78, 5) is 3.21. The van der Waals surface area contributed by atoms with Crippen LogP contribution < -0.4 is 5.46 Å². The van der Waals surface area contributed by atoms with Crippen molar-refractivity contribution in [1.29, 1.82) is 5.26 Å². The molecule has 0 aliphatic carbocycles. The van der Waals surface area contributed by atoms with Gasteiger partial charge < -0.3 is 4.98 Å². The van der Waals surface area contributed by atoms with Gasteiger partial charge in [0.15, 0.2) is 0 Å². The second-order valence-electron chi connectivity index (χ2n) is 4.41. The van der Waals surface area contributed by atoms with Crippen LogP contribution in [0.4, 0.5) is 0 Å². The van der Waals surface area contributed by atoms with Crippen LogP contribution in [0.1, 0.15) is 32.3 Å². The highest BCUT2D eigenvalue weighted by Gasteiger charge is 2.30. The smallest absolute Gasteiger partial charge is 0.113 e. The molecule has 1 aromatic heterocycles. The van der Waals surface area contributed by atoms with Crippen molar-refractivity contribution in [1.82, 2.24) is 4.98 Å². The molecule has 3 heteroatoms. The summed E-state index contributed by atoms with van der Waals surface area (Å²) >= 11 is 0. The normalized spacial score (nSPS) is 11.6. The van der Waals surface area contributed by atoms with Crippen molar-refractivity contribution < 1.29 is 0 Å². The van der Waals surface area contributed by atoms with Gasteiger partial charge in [-0.3, -0.25) is 0 Å². The Hall–Kier alpha value is -1.69. The molecule has 0 unspecified atom stereocenters. The maximum absolute atomic E-state index is 9.47. The van der Waals surface area contributed by atoms with Crippen LogP contribution in [0.15, 0.2) is 24.4 Å². The molecule has 0 saturated carbocycles. The molecule has 2 radical (unpaired) electrons. The van der Waals surface area contributed by atoms with Gasteiger partial charge in [0.2, 0.25) is 0 Å². The molecule has 0 bridgehead atoms. The molecule has 0 fully saturated rings. The molecule has 0 aliphatic heterocycles. The van der Waals surface area contributed by atoms with Crippen LogP contribution in [0.25, 0.3) is 10.9 Å². The van der Waals surface area contributed by atoms with Crippen molar-refractivity contribution in [2.75, 3.05) is 0 Å². The fourth-order valence-corrected chi connectivity index (χ4v) is 2.39. The van der Waals surface area contributed by atoms with Crippen LogP contribution in [0.5, 0.6) is 0 Å². The van der Waals surface area contributed by atoms with E-state index in [1.54, 1.807) is 0 Å². The van der Waals surface area contributed by atoms with Crippen LogP contribution >= 0.6 is 0 Å². The van der Waals surface area contributed by atoms with Gasteiger partial charge >= 0.3 is 0 Å². The van der Waals surface area contributed by atoms with Crippen LogP contribution in [0.3, 0.4) is 0 Å². The number of aromatic amines is 1. The van der Waals surface area contributed by atoms with E-state index in [-0.39, 0.29) is 0 Å². The van der Waals surface area contributed by atoms with Crippen molar-refractivity contribution >= 4 is 24.2 Å². The van der Waals surface area contributed by atoms with E-state index in [4.69, 9.17) is 7.85 Å². The van der Waals surface area contributed by atoms with Crippen molar-refractivity contribution in [3.8, 4) is 6.07 Å². The number of benzene rings is 1. The zero-order chi connectivity index (χ0) is 12.5. The van der Waals surface area contributed by atoms with Crippen LogP contribution in [-0.2, 0) is 5.41 Å². The average molecular weight is 222 g/mol. The minimum Gasteiger partial charge on any atom is -0.361 e. The quantitative estimate of drug-likeness (QED) is 0.796. The number of aromatic nitrogens is 1. The molecule has 0 saturated heterocycles. The number of nitriles is 1. The molecule has 0 amide bonds. The molecule has 84 valence electrons. The summed E-state index contributed by atoms with van der Waals surface area (Å²) in [6.45, 7) is 4.12. The number of hydrogen-bond acceptors (Lipinski definition) is 1. The van der Waals surface area contributed by atoms with E-state index in [2.05, 4.69) is 24.9 Å². The molecule has 2 rings (SSSR count). The first-order valence-corrected chi connectivity index (χ1v) is 5.95. The number of nitrogens with zero attached hydrogens (tertiary/aromatic N) is 1. The number of hydrogen-bond donors (Lipinski definition) is 1. The minimum absolute atomic E-state index is 0.394. The molecule has 2 nitrogen and oxygen atoms in total. The van der Waals surface area contributed by atoms with Crippen molar-refractivity contribution in [2.45, 2.75) is 32.1 Å². The van der Waals surface area contributed by atoms with Crippen molar-refractivity contribution in [2.24, 2.45) is 0 Å². The van der Waals surface area contributed by atoms with E-state index >= 15 is 0 Å². The Kier molecular flexibility index (Phi) is 2.98. The number of nitrogens with one attached hydrogen (secondary N) is 1. The summed E-state index contributed by atoms with van der Waals surface area (Å²) in [5.41, 5.74) is 2.43. The Balaban J connectivity index is 2.67. The maximum atomic E-state index is 9.47. The number of H-pyrrole nitrogens is 1. The predicted molar refractivity (Wildman–Crippen MR) is 71.6 cm³/mol. The minimum atomic E-state index is -0.394. The largest absolute Gasteiger partial charge is 0.361 e. The highest BCUT2D eigenvalue weighted by atomic mass is 14.7. The van der Waals surface area contributed by atoms with Crippen LogP contribution in [0, 0.1) is 11.3 Å². The lowest BCUT2D eigenvalue weighted by atomic mass is 9.77. The van der Waals surface area contributed by atoms with Crippen LogP contribution in [-0.4, -0.2) is 12.8 Å². The second kappa shape index (κ2) is 4.29. The zero-order valence-corrected chi connectivity index (χ0v) is 10.2. The molecule has 17 heavy (non-hydrogen) atoms. The molecule has 2 aromatic rings. The van der Waals surface area contributed by atoms with Gasteiger partial charge in [0.1, 0.15) is 7.85 Å². The summed E-state index contributed by atoms with van der Waals surface area (Å²) in [5, 5.41) is 10.6. The van der Waals surface area contributed by atoms with E-state index in [0.717, 1.165) is 34.8 Å². The summed E-state index contributed by atoms with van der Waals surface area (Å²) in [6, 6.07) is 8.26. The molecular weight excluding hydrogens is 207 g/mol. The maximum Gasteiger partial charge on any atom is 0.113 e. The van der Waals surface area contributed by atoms with Gasteiger partial charge in [0, 0.05) is 17.1 Å². The van der Waals surface area contributed by atoms with Crippen molar-refractivity contribution in [3.63, 3.8) is 0 Å². The molecule has 1 heterocycles. The lowest BCUT2D eigenvalue weighted by molar-refractivity contribution is 0.515. The second-order valence-corrected chi connectivity index (χ2v) is 4.41. The topological polar surface area (TPSA) is 39.6 Å². The SMILES string of the molecule is [B]c1ccc2c(C(C#N)(CC)CC)c[nH]c2c1. The molecular formula is C14H15BN2. The Bertz CT molecular complexity index is 573. The first-order valence-electron chi connectivity index (χ1n) is 5.95. The van der Waals surface area contributed by atoms with Gasteiger partial charge in [0.05, 0.1) is 11.5 Å². The number of fused-ring (bicyclic) bond motifs is 1. The summed E-state index contributed by atoms with van der Waals surface area (Å²) < 4.78 is 0. The Labute approximate surface area is 103 Å². The predicted octanol–water partition coefficient (Wildman–Crippen LogP) is 2.54. The van der Waals surface area contributed by atoms with E-state index < -0.39 is 5.41 Å². The van der Waals surface area contributed by atoms with Crippen molar-refractivity contribution in [3.05, 3.63) is 30.0 Å². The highest BCUT2D eigenvalue weighted by molar-refractivity contribution is 6.33. The lowest BCUT2D eigenvalue weighted by Crippen LogP contribution is -2.21. The van der Waals surface area contributed by atoms with Gasteiger partial charge in [0.25, 0.3) is 0 Å². The summed E-state index contributed by atoms with van der Waals surface area (Å²) in [6.07, 6.45) is 3.58. The molecule has 1 aromatic carbocycles. The third-order valence-corrected chi connectivity index (χ3v) is 3.64. The van der Waals surface area contributed by atoms with Gasteiger partial charge in [-0.2, -0.15) is 5.26 Å². The van der Waals surface area contributed by atoms with E-state index in [1.807, 2.05) is 24.4 Å². The highest BCUT2D eigenvalue weighted by Crippen LogP contribution is 2.35. The molecule has 0 aliphatic rings. The molecule has 0 atom stereocenters. The third kappa shape index (κ3) is 1.74. The van der Waals surface area contributed by atoms with Crippen LogP contribution in [0.2, 0.25) is 0 Å². The zero-order valence-electron chi connectivity index (χ0n) is 10.2. The van der Waals surface area contributed by atoms with Gasteiger partial charge in [-0.15, -0.1) is 0 Å². The average Bonchev–Trinajstić information content (AvgIpc) is 2.76. The Morgan fingerprint density at radius 2 is 2.06 bits per heavy atom. The van der Waals surface area contributed by atoms with Gasteiger partial charge in [-0.25, -0.2) is 0 Å². The molecule has 0 spiro atoms. The standard InChI is InChI=1S/C14H15BN2/c1-3-14(4-2,9-16)12-8-17-13-7-10(15)5-6-11(12)13/h5-8,17H,3-4H2,1-2H3. The van der Waals surface area contributed by atoms with Gasteiger partial charge in [-0.05, 0) is 24.5 Å². The molecule has 1 N–H and O–H groups in total. The summed E-state index contributed by atoms with van der Waals surface area (Å²) in [5.74, 6) is 0. The monoisotopic (exact) mass is 222 g/mol. The van der Waals surface area contributed by atoms with E-state index in [9.17, 15) is 5.26 Å². The fraction of sp³-hybridized carbons (Fsp3) is 0.357. The third-order valence-electron chi connectivity index (χ3n) is 3.64. The van der Waals surface area contributed by atoms with E-state index in [0.29, 0.717) is 0 Å². The first-order chi connectivity index (χ1) is 8.16. The summed E-state index contributed by atoms with van der Waals surface area (Å²) in [7, 11) is 5.75. The van der Waals surface area contributed by atoms with Gasteiger partial charge in [-0.1, -0.05) is 31.4 Å². The lowest BCUT2D eigenvalue weighted by Gasteiger charge is -2.22. The Morgan fingerprint density at radius 1 is 1.35 bits per heavy atom. The number of rotatable bonds is 3. The van der Waals surface area contributed by atoms with E-state index in [1.165, 1.54) is 0 Å². The Morgan fingerprint density at radius 3 is 2.65 bits per heavy atom. The fourth-order valence-electron chi connectivity index (χ4n) is 2.39.